The van der Waals surface area contributed by atoms with E-state index in [0.717, 1.165) is 24.8 Å². The number of fused-ring (bicyclic) bond motifs is 1. The van der Waals surface area contributed by atoms with Crippen LogP contribution in [0.3, 0.4) is 0 Å². The van der Waals surface area contributed by atoms with Gasteiger partial charge >= 0.3 is 0 Å². The molecule has 0 saturated heterocycles. The van der Waals surface area contributed by atoms with Crippen molar-refractivity contribution in [2.45, 2.75) is 51.9 Å². The minimum Gasteiger partial charge on any atom is -0.294 e. The average Bonchev–Trinajstić information content (AvgIpc) is 3.09. The van der Waals surface area contributed by atoms with Crippen molar-refractivity contribution in [2.75, 3.05) is 0 Å². The van der Waals surface area contributed by atoms with Crippen molar-refractivity contribution in [3.8, 4) is 0 Å². The van der Waals surface area contributed by atoms with E-state index in [1.54, 1.807) is 11.3 Å². The van der Waals surface area contributed by atoms with Crippen molar-refractivity contribution in [3.63, 3.8) is 0 Å². The third-order valence-electron chi connectivity index (χ3n) is 6.16. The SMILES string of the molecule is CC[C@]1(c2ccccc2)C2=C(Cc3ncsc31)C[C@@H](C(C)C)CC2=O. The van der Waals surface area contributed by atoms with Crippen molar-refractivity contribution in [3.05, 3.63) is 63.1 Å². The smallest absolute Gasteiger partial charge is 0.160 e. The highest BCUT2D eigenvalue weighted by atomic mass is 32.1. The first-order valence-corrected chi connectivity index (χ1v) is 10.2. The third-order valence-corrected chi connectivity index (χ3v) is 7.20. The maximum atomic E-state index is 13.3. The number of rotatable bonds is 3. The molecule has 0 unspecified atom stereocenters. The predicted octanol–water partition coefficient (Wildman–Crippen LogP) is 5.33. The van der Waals surface area contributed by atoms with E-state index in [1.165, 1.54) is 21.7 Å². The van der Waals surface area contributed by atoms with E-state index in [9.17, 15) is 4.79 Å². The van der Waals surface area contributed by atoms with Gasteiger partial charge in [0.1, 0.15) is 0 Å². The topological polar surface area (TPSA) is 30.0 Å². The van der Waals surface area contributed by atoms with Gasteiger partial charge in [0.05, 0.1) is 16.6 Å². The van der Waals surface area contributed by atoms with Gasteiger partial charge < -0.3 is 0 Å². The molecule has 0 amide bonds. The first-order valence-electron chi connectivity index (χ1n) is 9.32. The summed E-state index contributed by atoms with van der Waals surface area (Å²) < 4.78 is 0. The van der Waals surface area contributed by atoms with Gasteiger partial charge in [-0.15, -0.1) is 11.3 Å². The van der Waals surface area contributed by atoms with Crippen molar-refractivity contribution in [2.24, 2.45) is 11.8 Å². The number of Topliss-reactive ketones (excluding diaryl/α,β-unsaturated/α-hetero) is 1. The lowest BCUT2D eigenvalue weighted by Gasteiger charge is -2.43. The molecule has 0 N–H and O–H groups in total. The molecule has 4 rings (SSSR count). The fourth-order valence-electron chi connectivity index (χ4n) is 4.80. The molecule has 2 aliphatic carbocycles. The lowest BCUT2D eigenvalue weighted by Crippen LogP contribution is -2.41. The number of carbonyl (C=O) groups is 1. The van der Waals surface area contributed by atoms with Crippen LogP contribution in [0, 0.1) is 11.8 Å². The number of hydrogen-bond acceptors (Lipinski definition) is 3. The first-order chi connectivity index (χ1) is 12.1. The highest BCUT2D eigenvalue weighted by molar-refractivity contribution is 7.10. The number of benzene rings is 1. The largest absolute Gasteiger partial charge is 0.294 e. The van der Waals surface area contributed by atoms with E-state index in [1.807, 2.05) is 5.51 Å². The van der Waals surface area contributed by atoms with Crippen LogP contribution in [0.2, 0.25) is 0 Å². The van der Waals surface area contributed by atoms with Crippen LogP contribution in [0.4, 0.5) is 0 Å². The maximum Gasteiger partial charge on any atom is 0.160 e. The Morgan fingerprint density at radius 3 is 2.68 bits per heavy atom. The Morgan fingerprint density at radius 1 is 1.24 bits per heavy atom. The van der Waals surface area contributed by atoms with Crippen LogP contribution in [-0.4, -0.2) is 10.8 Å². The molecule has 0 fully saturated rings. The summed E-state index contributed by atoms with van der Waals surface area (Å²) in [5, 5.41) is 0. The predicted molar refractivity (Wildman–Crippen MR) is 103 cm³/mol. The Balaban J connectivity index is 1.96. The molecule has 0 saturated carbocycles. The zero-order valence-corrected chi connectivity index (χ0v) is 16.0. The Morgan fingerprint density at radius 2 is 2.00 bits per heavy atom. The van der Waals surface area contributed by atoms with Crippen LogP contribution in [0.5, 0.6) is 0 Å². The number of ketones is 1. The summed E-state index contributed by atoms with van der Waals surface area (Å²) in [5.41, 5.74) is 6.53. The second kappa shape index (κ2) is 6.21. The van der Waals surface area contributed by atoms with E-state index >= 15 is 0 Å². The second-order valence-electron chi connectivity index (χ2n) is 7.74. The van der Waals surface area contributed by atoms with E-state index in [-0.39, 0.29) is 5.41 Å². The number of allylic oxidation sites excluding steroid dienone is 2. The number of thiazole rings is 1. The monoisotopic (exact) mass is 351 g/mol. The van der Waals surface area contributed by atoms with Gasteiger partial charge in [-0.3, -0.25) is 4.79 Å². The molecule has 2 atom stereocenters. The van der Waals surface area contributed by atoms with E-state index in [2.05, 4.69) is 56.1 Å². The van der Waals surface area contributed by atoms with Crippen molar-refractivity contribution >= 4 is 17.1 Å². The summed E-state index contributed by atoms with van der Waals surface area (Å²) in [6, 6.07) is 10.6. The van der Waals surface area contributed by atoms with Crippen molar-refractivity contribution in [1.82, 2.24) is 4.98 Å². The molecular weight excluding hydrogens is 326 g/mol. The Hall–Kier alpha value is -1.74. The average molecular weight is 352 g/mol. The van der Waals surface area contributed by atoms with E-state index in [4.69, 9.17) is 0 Å². The van der Waals surface area contributed by atoms with Crippen molar-refractivity contribution in [1.29, 1.82) is 0 Å². The number of carbonyl (C=O) groups excluding carboxylic acids is 1. The van der Waals surface area contributed by atoms with Crippen LogP contribution >= 0.6 is 11.3 Å². The Kier molecular flexibility index (Phi) is 4.15. The van der Waals surface area contributed by atoms with Gasteiger partial charge in [0, 0.05) is 23.3 Å². The standard InChI is InChI=1S/C22H25NOS/c1-4-22(17-8-6-5-7-9-17)20-16(11-18-21(22)25-13-23-18)10-15(14(2)3)12-19(20)24/h5-9,13-15H,4,10-12H2,1-3H3/t15-,22+/m1/s1. The fourth-order valence-corrected chi connectivity index (χ4v) is 5.91. The number of aromatic nitrogens is 1. The third kappa shape index (κ3) is 2.43. The molecule has 1 aromatic carbocycles. The van der Waals surface area contributed by atoms with Gasteiger partial charge in [-0.05, 0) is 30.2 Å². The molecule has 3 heteroatoms. The lowest BCUT2D eigenvalue weighted by molar-refractivity contribution is -0.118. The van der Waals surface area contributed by atoms with Gasteiger partial charge in [0.2, 0.25) is 0 Å². The van der Waals surface area contributed by atoms with Crippen LogP contribution in [0.25, 0.3) is 0 Å². The first kappa shape index (κ1) is 16.7. The van der Waals surface area contributed by atoms with E-state index < -0.39 is 0 Å². The summed E-state index contributed by atoms with van der Waals surface area (Å²) in [7, 11) is 0. The van der Waals surface area contributed by atoms with Gasteiger partial charge in [-0.2, -0.15) is 0 Å². The van der Waals surface area contributed by atoms with Crippen LogP contribution in [-0.2, 0) is 16.6 Å². The minimum atomic E-state index is -0.301. The summed E-state index contributed by atoms with van der Waals surface area (Å²) >= 11 is 1.72. The summed E-state index contributed by atoms with van der Waals surface area (Å²) in [6.07, 6.45) is 3.50. The molecule has 0 spiro atoms. The van der Waals surface area contributed by atoms with E-state index in [0.29, 0.717) is 24.0 Å². The zero-order valence-electron chi connectivity index (χ0n) is 15.2. The highest BCUT2D eigenvalue weighted by Gasteiger charge is 2.48. The molecule has 0 aliphatic heterocycles. The molecule has 25 heavy (non-hydrogen) atoms. The van der Waals surface area contributed by atoms with Crippen molar-refractivity contribution < 1.29 is 4.79 Å². The fraction of sp³-hybridized carbons (Fsp3) is 0.455. The number of hydrogen-bond donors (Lipinski definition) is 0. The molecular formula is C22H25NOS. The Bertz CT molecular complexity index is 833. The molecule has 2 aromatic rings. The van der Waals surface area contributed by atoms with Gasteiger partial charge in [0.25, 0.3) is 0 Å². The Labute approximate surface area is 154 Å². The summed E-state index contributed by atoms with van der Waals surface area (Å²) in [6.45, 7) is 6.70. The zero-order chi connectivity index (χ0) is 17.6. The summed E-state index contributed by atoms with van der Waals surface area (Å²) in [4.78, 5) is 19.3. The van der Waals surface area contributed by atoms with Crippen LogP contribution in [0.15, 0.2) is 47.0 Å². The molecule has 2 nitrogen and oxygen atoms in total. The quantitative estimate of drug-likeness (QED) is 0.748. The minimum absolute atomic E-state index is 0.301. The van der Waals surface area contributed by atoms with Gasteiger partial charge in [0.15, 0.2) is 5.78 Å². The van der Waals surface area contributed by atoms with Gasteiger partial charge in [-0.25, -0.2) is 4.98 Å². The molecule has 130 valence electrons. The number of nitrogens with zero attached hydrogens (tertiary/aromatic N) is 1. The molecule has 1 heterocycles. The molecule has 1 aromatic heterocycles. The van der Waals surface area contributed by atoms with Gasteiger partial charge in [-0.1, -0.05) is 56.7 Å². The second-order valence-corrected chi connectivity index (χ2v) is 8.60. The highest BCUT2D eigenvalue weighted by Crippen LogP contribution is 2.53. The molecule has 0 bridgehead atoms. The molecule has 2 aliphatic rings. The van der Waals surface area contributed by atoms with Crippen LogP contribution < -0.4 is 0 Å². The van der Waals surface area contributed by atoms with Crippen LogP contribution in [0.1, 0.15) is 56.2 Å². The normalized spacial score (nSPS) is 25.9. The maximum absolute atomic E-state index is 13.3. The lowest BCUT2D eigenvalue weighted by atomic mass is 9.60. The molecule has 0 radical (unpaired) electrons. The summed E-state index contributed by atoms with van der Waals surface area (Å²) in [5.74, 6) is 1.38.